The smallest absolute Gasteiger partial charge is 0.326 e. The van der Waals surface area contributed by atoms with Crippen molar-refractivity contribution in [1.29, 1.82) is 0 Å². The number of aliphatic carboxylic acids is 1. The highest BCUT2D eigenvalue weighted by Gasteiger charge is 2.19. The number of carboxylic acids is 1. The van der Waals surface area contributed by atoms with Crippen LogP contribution in [0.25, 0.3) is 0 Å². The van der Waals surface area contributed by atoms with Crippen molar-refractivity contribution in [3.8, 4) is 0 Å². The van der Waals surface area contributed by atoms with Crippen molar-refractivity contribution < 1.29 is 19.1 Å². The quantitative estimate of drug-likeness (QED) is 0.823. The molecule has 0 unspecified atom stereocenters. The Bertz CT molecular complexity index is 403. The Labute approximate surface area is 98.5 Å². The zero-order valence-corrected chi connectivity index (χ0v) is 9.44. The molecule has 4 nitrogen and oxygen atoms in total. The molecular formula is C12H14FNO3. The molecule has 17 heavy (non-hydrogen) atoms. The predicted octanol–water partition coefficient (Wildman–Crippen LogP) is 1.81. The van der Waals surface area contributed by atoms with E-state index >= 15 is 0 Å². The molecule has 1 aromatic carbocycles. The number of hydrogen-bond acceptors (Lipinski definition) is 2. The summed E-state index contributed by atoms with van der Waals surface area (Å²) in [5, 5.41) is 11.3. The number of hydrogen-bond donors (Lipinski definition) is 2. The first kappa shape index (κ1) is 13.2. The second-order valence-corrected chi connectivity index (χ2v) is 3.66. The maximum absolute atomic E-state index is 12.6. The van der Waals surface area contributed by atoms with E-state index in [1.165, 1.54) is 12.1 Å². The molecule has 1 amide bonds. The summed E-state index contributed by atoms with van der Waals surface area (Å²) < 4.78 is 12.6. The fraction of sp³-hybridized carbons (Fsp3) is 0.333. The molecular weight excluding hydrogens is 225 g/mol. The lowest BCUT2D eigenvalue weighted by atomic mass is 10.1. The van der Waals surface area contributed by atoms with Crippen molar-refractivity contribution >= 4 is 11.9 Å². The van der Waals surface area contributed by atoms with Gasteiger partial charge in [-0.1, -0.05) is 13.3 Å². The molecule has 0 spiro atoms. The number of halogens is 1. The highest BCUT2D eigenvalue weighted by molar-refractivity contribution is 5.96. The Morgan fingerprint density at radius 3 is 2.41 bits per heavy atom. The van der Waals surface area contributed by atoms with Crippen molar-refractivity contribution in [1.82, 2.24) is 5.32 Å². The third-order valence-corrected chi connectivity index (χ3v) is 2.29. The van der Waals surface area contributed by atoms with Gasteiger partial charge in [0.15, 0.2) is 0 Å². The molecule has 0 saturated heterocycles. The van der Waals surface area contributed by atoms with Crippen LogP contribution in [0.2, 0.25) is 0 Å². The average molecular weight is 239 g/mol. The van der Waals surface area contributed by atoms with Crippen LogP contribution in [0.1, 0.15) is 30.1 Å². The van der Waals surface area contributed by atoms with E-state index in [4.69, 9.17) is 5.11 Å². The Balaban J connectivity index is 2.70. The lowest BCUT2D eigenvalue weighted by Crippen LogP contribution is -2.40. The van der Waals surface area contributed by atoms with Gasteiger partial charge in [0, 0.05) is 5.56 Å². The molecule has 0 bridgehead atoms. The summed E-state index contributed by atoms with van der Waals surface area (Å²) >= 11 is 0. The minimum Gasteiger partial charge on any atom is -0.480 e. The number of rotatable bonds is 5. The third-order valence-electron chi connectivity index (χ3n) is 2.29. The van der Waals surface area contributed by atoms with Gasteiger partial charge >= 0.3 is 5.97 Å². The van der Waals surface area contributed by atoms with Gasteiger partial charge in [-0.05, 0) is 30.7 Å². The van der Waals surface area contributed by atoms with Gasteiger partial charge in [0.1, 0.15) is 11.9 Å². The summed E-state index contributed by atoms with van der Waals surface area (Å²) in [5.74, 6) is -2.02. The van der Waals surface area contributed by atoms with Crippen molar-refractivity contribution in [2.24, 2.45) is 0 Å². The van der Waals surface area contributed by atoms with Crippen LogP contribution in [-0.4, -0.2) is 23.0 Å². The summed E-state index contributed by atoms with van der Waals surface area (Å²) in [5.41, 5.74) is 0.244. The zero-order valence-electron chi connectivity index (χ0n) is 9.44. The maximum atomic E-state index is 12.6. The van der Waals surface area contributed by atoms with Gasteiger partial charge in [-0.3, -0.25) is 4.79 Å². The van der Waals surface area contributed by atoms with Gasteiger partial charge in [-0.25, -0.2) is 9.18 Å². The molecule has 0 fully saturated rings. The maximum Gasteiger partial charge on any atom is 0.326 e. The first-order valence-electron chi connectivity index (χ1n) is 5.33. The van der Waals surface area contributed by atoms with Gasteiger partial charge in [-0.15, -0.1) is 0 Å². The number of benzene rings is 1. The number of carbonyl (C=O) groups excluding carboxylic acids is 1. The summed E-state index contributed by atoms with van der Waals surface area (Å²) in [4.78, 5) is 22.5. The van der Waals surface area contributed by atoms with Gasteiger partial charge in [0.05, 0.1) is 0 Å². The Morgan fingerprint density at radius 2 is 1.94 bits per heavy atom. The molecule has 0 aliphatic rings. The van der Waals surface area contributed by atoms with Gasteiger partial charge in [0.2, 0.25) is 0 Å². The second-order valence-electron chi connectivity index (χ2n) is 3.66. The predicted molar refractivity (Wildman–Crippen MR) is 60.2 cm³/mol. The van der Waals surface area contributed by atoms with E-state index in [9.17, 15) is 14.0 Å². The molecule has 0 heterocycles. The van der Waals surface area contributed by atoms with Crippen LogP contribution < -0.4 is 5.32 Å². The van der Waals surface area contributed by atoms with Crippen molar-refractivity contribution in [2.45, 2.75) is 25.8 Å². The number of carbonyl (C=O) groups is 2. The summed E-state index contributed by atoms with van der Waals surface area (Å²) in [7, 11) is 0. The van der Waals surface area contributed by atoms with Crippen LogP contribution in [0.15, 0.2) is 24.3 Å². The van der Waals surface area contributed by atoms with Gasteiger partial charge in [0.25, 0.3) is 5.91 Å². The van der Waals surface area contributed by atoms with E-state index < -0.39 is 23.7 Å². The standard InChI is InChI=1S/C12H14FNO3/c1-2-3-10(12(16)17)14-11(15)8-4-6-9(13)7-5-8/h4-7,10H,2-3H2,1H3,(H,14,15)(H,16,17)/t10-/m1/s1. The highest BCUT2D eigenvalue weighted by Crippen LogP contribution is 2.04. The minimum absolute atomic E-state index is 0.244. The van der Waals surface area contributed by atoms with Crippen molar-refractivity contribution in [3.63, 3.8) is 0 Å². The fourth-order valence-electron chi connectivity index (χ4n) is 1.39. The van der Waals surface area contributed by atoms with Crippen LogP contribution in [0, 0.1) is 5.82 Å². The minimum atomic E-state index is -1.07. The highest BCUT2D eigenvalue weighted by atomic mass is 19.1. The van der Waals surface area contributed by atoms with Crippen LogP contribution >= 0.6 is 0 Å². The van der Waals surface area contributed by atoms with Gasteiger partial charge < -0.3 is 10.4 Å². The SMILES string of the molecule is CCC[C@@H](NC(=O)c1ccc(F)cc1)C(=O)O. The Morgan fingerprint density at radius 1 is 1.35 bits per heavy atom. The molecule has 0 radical (unpaired) electrons. The molecule has 1 aromatic rings. The normalized spacial score (nSPS) is 11.9. The van der Waals surface area contributed by atoms with Crippen molar-refractivity contribution in [3.05, 3.63) is 35.6 Å². The molecule has 0 aliphatic heterocycles. The van der Waals surface area contributed by atoms with E-state index in [1.807, 2.05) is 6.92 Å². The van der Waals surface area contributed by atoms with Crippen molar-refractivity contribution in [2.75, 3.05) is 0 Å². The van der Waals surface area contributed by atoms with E-state index in [0.717, 1.165) is 12.1 Å². The topological polar surface area (TPSA) is 66.4 Å². The molecule has 0 aromatic heterocycles. The molecule has 1 rings (SSSR count). The van der Waals surface area contributed by atoms with E-state index in [1.54, 1.807) is 0 Å². The molecule has 92 valence electrons. The summed E-state index contributed by atoms with van der Waals surface area (Å²) in [6, 6.07) is 4.04. The zero-order chi connectivity index (χ0) is 12.8. The molecule has 5 heteroatoms. The average Bonchev–Trinajstić information content (AvgIpc) is 2.29. The van der Waals surface area contributed by atoms with Crippen LogP contribution in [-0.2, 0) is 4.79 Å². The van der Waals surface area contributed by atoms with E-state index in [-0.39, 0.29) is 5.56 Å². The lowest BCUT2D eigenvalue weighted by Gasteiger charge is -2.13. The third kappa shape index (κ3) is 3.86. The summed E-state index contributed by atoms with van der Waals surface area (Å²) in [6.07, 6.45) is 1.02. The first-order valence-corrected chi connectivity index (χ1v) is 5.33. The molecule has 1 atom stereocenters. The van der Waals surface area contributed by atoms with E-state index in [0.29, 0.717) is 12.8 Å². The fourth-order valence-corrected chi connectivity index (χ4v) is 1.39. The first-order chi connectivity index (χ1) is 8.04. The van der Waals surface area contributed by atoms with Crippen LogP contribution in [0.5, 0.6) is 0 Å². The molecule has 2 N–H and O–H groups in total. The van der Waals surface area contributed by atoms with Crippen LogP contribution in [0.3, 0.4) is 0 Å². The number of amides is 1. The number of carboxylic acid groups (broad SMARTS) is 1. The Hall–Kier alpha value is -1.91. The Kier molecular flexibility index (Phi) is 4.63. The monoisotopic (exact) mass is 239 g/mol. The second kappa shape index (κ2) is 5.98. The molecule has 0 aliphatic carbocycles. The summed E-state index contributed by atoms with van der Waals surface area (Å²) in [6.45, 7) is 1.83. The number of nitrogens with one attached hydrogen (secondary N) is 1. The van der Waals surface area contributed by atoms with Crippen LogP contribution in [0.4, 0.5) is 4.39 Å². The largest absolute Gasteiger partial charge is 0.480 e. The van der Waals surface area contributed by atoms with E-state index in [2.05, 4.69) is 5.32 Å². The van der Waals surface area contributed by atoms with Gasteiger partial charge in [-0.2, -0.15) is 0 Å². The lowest BCUT2D eigenvalue weighted by molar-refractivity contribution is -0.139. The molecule has 0 saturated carbocycles.